The Morgan fingerprint density at radius 2 is 1.00 bits per heavy atom. The Morgan fingerprint density at radius 3 is 1.36 bits per heavy atom. The molecule has 1 aromatic rings. The summed E-state index contributed by atoms with van der Waals surface area (Å²) in [6.07, 6.45) is 2.06. The minimum atomic E-state index is -0.183. The van der Waals surface area contributed by atoms with Crippen LogP contribution in [0.1, 0.15) is 72.8 Å². The Morgan fingerprint density at radius 1 is 0.611 bits per heavy atom. The second-order valence-corrected chi connectivity index (χ2v) is 8.65. The number of ether oxygens (including phenoxy) is 2. The van der Waals surface area contributed by atoms with Crippen LogP contribution >= 0.6 is 0 Å². The van der Waals surface area contributed by atoms with Crippen molar-refractivity contribution in [1.29, 1.82) is 0 Å². The normalized spacial score (nSPS) is 10.9. The molecule has 0 aliphatic heterocycles. The van der Waals surface area contributed by atoms with Crippen LogP contribution in [-0.2, 0) is 25.6 Å². The van der Waals surface area contributed by atoms with Gasteiger partial charge in [0.1, 0.15) is 13.2 Å². The third-order valence-corrected chi connectivity index (χ3v) is 6.29. The predicted molar refractivity (Wildman–Crippen MR) is 149 cm³/mol. The SMILES string of the molecule is CCN(CC)CCOC(=O)CCCCC(=O)OCCN(CC)CC.CCN(CC)Cc1ccccc1. The van der Waals surface area contributed by atoms with Gasteiger partial charge in [0.15, 0.2) is 0 Å². The highest BCUT2D eigenvalue weighted by atomic mass is 16.5. The topological polar surface area (TPSA) is 62.3 Å². The average Bonchev–Trinajstić information content (AvgIpc) is 2.91. The number of carbonyl (C=O) groups excluding carboxylic acids is 2. The lowest BCUT2D eigenvalue weighted by atomic mass is 10.2. The summed E-state index contributed by atoms with van der Waals surface area (Å²) in [5.41, 5.74) is 1.40. The lowest BCUT2D eigenvalue weighted by Crippen LogP contribution is -2.28. The molecule has 0 radical (unpaired) electrons. The minimum Gasteiger partial charge on any atom is -0.464 e. The van der Waals surface area contributed by atoms with Gasteiger partial charge in [-0.05, 0) is 57.7 Å². The molecule has 0 aliphatic rings. The van der Waals surface area contributed by atoms with Crippen LogP contribution in [0.3, 0.4) is 0 Å². The number of hydrogen-bond donors (Lipinski definition) is 0. The molecule has 36 heavy (non-hydrogen) atoms. The van der Waals surface area contributed by atoms with Crippen LogP contribution < -0.4 is 0 Å². The van der Waals surface area contributed by atoms with Crippen molar-refractivity contribution in [3.63, 3.8) is 0 Å². The fourth-order valence-corrected chi connectivity index (χ4v) is 3.63. The maximum atomic E-state index is 11.6. The number of hydrogen-bond acceptors (Lipinski definition) is 7. The van der Waals surface area contributed by atoms with Gasteiger partial charge in [0.2, 0.25) is 0 Å². The maximum Gasteiger partial charge on any atom is 0.305 e. The highest BCUT2D eigenvalue weighted by molar-refractivity contribution is 5.70. The third kappa shape index (κ3) is 18.3. The summed E-state index contributed by atoms with van der Waals surface area (Å²) in [5.74, 6) is -0.367. The molecule has 0 spiro atoms. The molecule has 1 rings (SSSR count). The fourth-order valence-electron chi connectivity index (χ4n) is 3.63. The monoisotopic (exact) mass is 507 g/mol. The van der Waals surface area contributed by atoms with Crippen LogP contribution in [0.2, 0.25) is 0 Å². The van der Waals surface area contributed by atoms with Crippen molar-refractivity contribution in [3.05, 3.63) is 35.9 Å². The summed E-state index contributed by atoms with van der Waals surface area (Å²) < 4.78 is 10.4. The zero-order chi connectivity index (χ0) is 27.0. The van der Waals surface area contributed by atoms with Crippen molar-refractivity contribution in [1.82, 2.24) is 14.7 Å². The summed E-state index contributed by atoms with van der Waals surface area (Å²) in [6, 6.07) is 10.6. The van der Waals surface area contributed by atoms with E-state index in [-0.39, 0.29) is 11.9 Å². The van der Waals surface area contributed by atoms with E-state index in [0.717, 1.165) is 58.9 Å². The molecule has 0 saturated carbocycles. The Labute approximate surface area is 221 Å². The van der Waals surface area contributed by atoms with Gasteiger partial charge in [0.05, 0.1) is 0 Å². The van der Waals surface area contributed by atoms with Crippen molar-refractivity contribution >= 4 is 11.9 Å². The molecule has 0 bridgehead atoms. The van der Waals surface area contributed by atoms with Crippen LogP contribution in [0.25, 0.3) is 0 Å². The van der Waals surface area contributed by atoms with E-state index in [1.165, 1.54) is 5.56 Å². The summed E-state index contributed by atoms with van der Waals surface area (Å²) in [4.78, 5) is 30.0. The first-order valence-corrected chi connectivity index (χ1v) is 14.0. The first-order valence-electron chi connectivity index (χ1n) is 14.0. The van der Waals surface area contributed by atoms with E-state index in [1.54, 1.807) is 0 Å². The zero-order valence-corrected chi connectivity index (χ0v) is 24.0. The van der Waals surface area contributed by atoms with Crippen LogP contribution in [-0.4, -0.2) is 92.2 Å². The van der Waals surface area contributed by atoms with Gasteiger partial charge in [-0.1, -0.05) is 71.9 Å². The van der Waals surface area contributed by atoms with E-state index in [1.807, 2.05) is 0 Å². The van der Waals surface area contributed by atoms with Crippen LogP contribution in [0.15, 0.2) is 30.3 Å². The molecule has 0 heterocycles. The molecule has 0 aromatic heterocycles. The van der Waals surface area contributed by atoms with E-state index in [9.17, 15) is 9.59 Å². The maximum absolute atomic E-state index is 11.6. The van der Waals surface area contributed by atoms with Gasteiger partial charge < -0.3 is 19.3 Å². The first-order chi connectivity index (χ1) is 17.4. The number of rotatable bonds is 19. The standard InChI is InChI=1S/C18H36N2O4.C11H17N/c1-5-19(6-2)13-15-23-17(21)11-9-10-12-18(22)24-16-14-20(7-3)8-4;1-3-12(4-2)10-11-8-6-5-7-9-11/h5-16H2,1-4H3;5-9H,3-4,10H2,1-2H3. The van der Waals surface area contributed by atoms with E-state index in [4.69, 9.17) is 9.47 Å². The van der Waals surface area contributed by atoms with Gasteiger partial charge in [0, 0.05) is 32.5 Å². The molecule has 0 N–H and O–H groups in total. The average molecular weight is 508 g/mol. The van der Waals surface area contributed by atoms with E-state index < -0.39 is 0 Å². The smallest absolute Gasteiger partial charge is 0.305 e. The van der Waals surface area contributed by atoms with E-state index >= 15 is 0 Å². The van der Waals surface area contributed by atoms with Crippen molar-refractivity contribution < 1.29 is 19.1 Å². The van der Waals surface area contributed by atoms with Gasteiger partial charge >= 0.3 is 11.9 Å². The van der Waals surface area contributed by atoms with Crippen molar-refractivity contribution in [3.8, 4) is 0 Å². The molecule has 7 heteroatoms. The molecule has 7 nitrogen and oxygen atoms in total. The lowest BCUT2D eigenvalue weighted by Gasteiger charge is -2.17. The minimum absolute atomic E-state index is 0.183. The van der Waals surface area contributed by atoms with Gasteiger partial charge in [-0.25, -0.2) is 0 Å². The predicted octanol–water partition coefficient (Wildman–Crippen LogP) is 4.85. The molecule has 0 aliphatic carbocycles. The van der Waals surface area contributed by atoms with Crippen molar-refractivity contribution in [2.75, 3.05) is 65.6 Å². The highest BCUT2D eigenvalue weighted by Crippen LogP contribution is 2.04. The van der Waals surface area contributed by atoms with Crippen molar-refractivity contribution in [2.45, 2.75) is 73.8 Å². The van der Waals surface area contributed by atoms with Gasteiger partial charge in [-0.2, -0.15) is 0 Å². The number of unbranched alkanes of at least 4 members (excludes halogenated alkanes) is 1. The highest BCUT2D eigenvalue weighted by Gasteiger charge is 2.08. The van der Waals surface area contributed by atoms with Crippen molar-refractivity contribution in [2.24, 2.45) is 0 Å². The fraction of sp³-hybridized carbons (Fsp3) is 0.724. The van der Waals surface area contributed by atoms with E-state index in [2.05, 4.69) is 86.6 Å². The van der Waals surface area contributed by atoms with Crippen LogP contribution in [0, 0.1) is 0 Å². The van der Waals surface area contributed by atoms with Gasteiger partial charge in [-0.15, -0.1) is 0 Å². The second kappa shape index (κ2) is 23.4. The van der Waals surface area contributed by atoms with Gasteiger partial charge in [0.25, 0.3) is 0 Å². The molecule has 1 aromatic carbocycles. The number of benzene rings is 1. The molecule has 0 atom stereocenters. The van der Waals surface area contributed by atoms with E-state index in [0.29, 0.717) is 38.9 Å². The molecule has 0 amide bonds. The first kappa shape index (κ1) is 34.0. The number of likely N-dealkylation sites (N-methyl/N-ethyl adjacent to an activating group) is 2. The summed E-state index contributed by atoms with van der Waals surface area (Å²) in [7, 11) is 0. The van der Waals surface area contributed by atoms with Crippen LogP contribution in [0.5, 0.6) is 0 Å². The molecule has 0 unspecified atom stereocenters. The Hall–Kier alpha value is -1.96. The third-order valence-electron chi connectivity index (χ3n) is 6.29. The molecule has 0 fully saturated rings. The molecule has 0 saturated heterocycles. The van der Waals surface area contributed by atoms with Gasteiger partial charge in [-0.3, -0.25) is 14.5 Å². The van der Waals surface area contributed by atoms with Crippen LogP contribution in [0.4, 0.5) is 0 Å². The Balaban J connectivity index is 0.000000846. The largest absolute Gasteiger partial charge is 0.464 e. The number of carbonyl (C=O) groups is 2. The number of nitrogens with zero attached hydrogens (tertiary/aromatic N) is 3. The quantitative estimate of drug-likeness (QED) is 0.196. The molecule has 208 valence electrons. The Kier molecular flexibility index (Phi) is 22.2. The summed E-state index contributed by atoms with van der Waals surface area (Å²) in [6.45, 7) is 22.4. The molecular formula is C29H53N3O4. The zero-order valence-electron chi connectivity index (χ0n) is 24.0. The summed E-state index contributed by atoms with van der Waals surface area (Å²) >= 11 is 0. The molecular weight excluding hydrogens is 454 g/mol. The number of esters is 2. The second-order valence-electron chi connectivity index (χ2n) is 8.65. The Bertz CT molecular complexity index is 613. The summed E-state index contributed by atoms with van der Waals surface area (Å²) in [5, 5.41) is 0. The lowest BCUT2D eigenvalue weighted by molar-refractivity contribution is -0.146.